The van der Waals surface area contributed by atoms with Crippen LogP contribution in [0.15, 0.2) is 12.4 Å². The molecule has 4 nitrogen and oxygen atoms in total. The van der Waals surface area contributed by atoms with Crippen molar-refractivity contribution in [3.8, 4) is 6.07 Å². The van der Waals surface area contributed by atoms with Crippen LogP contribution in [0.2, 0.25) is 0 Å². The number of nitriles is 1. The van der Waals surface area contributed by atoms with Crippen LogP contribution in [-0.2, 0) is 0 Å². The number of rotatable bonds is 2. The third-order valence-corrected chi connectivity index (χ3v) is 3.49. The normalized spacial score (nSPS) is 20.6. The van der Waals surface area contributed by atoms with Gasteiger partial charge in [0, 0.05) is 11.8 Å². The van der Waals surface area contributed by atoms with Gasteiger partial charge in [-0.05, 0) is 18.6 Å². The van der Waals surface area contributed by atoms with E-state index >= 15 is 0 Å². The molecule has 1 fully saturated rings. The zero-order valence-electron chi connectivity index (χ0n) is 8.31. The molecule has 0 spiro atoms. The summed E-state index contributed by atoms with van der Waals surface area (Å²) in [6.45, 7) is 0. The Morgan fingerprint density at radius 3 is 3.00 bits per heavy atom. The van der Waals surface area contributed by atoms with Crippen LogP contribution >= 0.6 is 11.8 Å². The van der Waals surface area contributed by atoms with Gasteiger partial charge in [0.2, 0.25) is 0 Å². The predicted octanol–water partition coefficient (Wildman–Crippen LogP) is 1.66. The molecule has 1 N–H and O–H groups in total. The zero-order valence-corrected chi connectivity index (χ0v) is 9.13. The Hall–Kier alpha value is -1.28. The second-order valence-corrected chi connectivity index (χ2v) is 4.61. The molecule has 1 aromatic rings. The van der Waals surface area contributed by atoms with Crippen molar-refractivity contribution in [1.82, 2.24) is 9.97 Å². The number of nitrogens with zero attached hydrogens (tertiary/aromatic N) is 3. The van der Waals surface area contributed by atoms with Crippen molar-refractivity contribution in [1.29, 1.82) is 5.26 Å². The van der Waals surface area contributed by atoms with Gasteiger partial charge < -0.3 is 5.32 Å². The fourth-order valence-corrected chi connectivity index (χ4v) is 2.60. The Kier molecular flexibility index (Phi) is 3.41. The van der Waals surface area contributed by atoms with Gasteiger partial charge in [-0.25, -0.2) is 9.97 Å². The van der Waals surface area contributed by atoms with Crippen LogP contribution in [0.25, 0.3) is 0 Å². The summed E-state index contributed by atoms with van der Waals surface area (Å²) in [5, 5.41) is 11.9. The highest BCUT2D eigenvalue weighted by Gasteiger charge is 2.13. The van der Waals surface area contributed by atoms with Gasteiger partial charge in [-0.2, -0.15) is 17.0 Å². The SMILES string of the molecule is N#Cc1cnc(NC2CCCSC2)cn1. The molecule has 78 valence electrons. The lowest BCUT2D eigenvalue weighted by Crippen LogP contribution is -2.26. The minimum atomic E-state index is 0.360. The number of aromatic nitrogens is 2. The quantitative estimate of drug-likeness (QED) is 0.821. The molecule has 1 aliphatic heterocycles. The maximum Gasteiger partial charge on any atom is 0.158 e. The van der Waals surface area contributed by atoms with Gasteiger partial charge in [-0.15, -0.1) is 0 Å². The van der Waals surface area contributed by atoms with Crippen molar-refractivity contribution < 1.29 is 0 Å². The number of hydrogen-bond acceptors (Lipinski definition) is 5. The molecule has 15 heavy (non-hydrogen) atoms. The molecular formula is C10H12N4S. The van der Waals surface area contributed by atoms with Gasteiger partial charge in [0.15, 0.2) is 5.69 Å². The summed E-state index contributed by atoms with van der Waals surface area (Å²) in [6.07, 6.45) is 5.57. The first-order chi connectivity index (χ1) is 7.38. The molecule has 1 atom stereocenters. The standard InChI is InChI=1S/C10H12N4S/c11-4-9-5-13-10(6-12-9)14-8-2-1-3-15-7-8/h5-6,8H,1-3,7H2,(H,13,14). The van der Waals surface area contributed by atoms with Crippen molar-refractivity contribution in [3.63, 3.8) is 0 Å². The summed E-state index contributed by atoms with van der Waals surface area (Å²) in [5.74, 6) is 3.15. The van der Waals surface area contributed by atoms with Crippen LogP contribution in [0.5, 0.6) is 0 Å². The maximum absolute atomic E-state index is 8.57. The number of anilines is 1. The average molecular weight is 220 g/mol. The molecular weight excluding hydrogens is 208 g/mol. The van der Waals surface area contributed by atoms with Crippen molar-refractivity contribution in [2.75, 3.05) is 16.8 Å². The molecule has 0 bridgehead atoms. The van der Waals surface area contributed by atoms with E-state index in [1.54, 1.807) is 6.20 Å². The maximum atomic E-state index is 8.57. The second kappa shape index (κ2) is 4.99. The predicted molar refractivity (Wildman–Crippen MR) is 60.7 cm³/mol. The third kappa shape index (κ3) is 2.83. The minimum Gasteiger partial charge on any atom is -0.365 e. The monoisotopic (exact) mass is 220 g/mol. The van der Waals surface area contributed by atoms with Crippen LogP contribution in [0.3, 0.4) is 0 Å². The van der Waals surface area contributed by atoms with Gasteiger partial charge in [0.05, 0.1) is 12.4 Å². The van der Waals surface area contributed by atoms with Gasteiger partial charge >= 0.3 is 0 Å². The first-order valence-electron chi connectivity index (χ1n) is 4.95. The van der Waals surface area contributed by atoms with E-state index in [0.29, 0.717) is 11.7 Å². The highest BCUT2D eigenvalue weighted by atomic mass is 32.2. The highest BCUT2D eigenvalue weighted by Crippen LogP contribution is 2.19. The molecule has 1 unspecified atom stereocenters. The van der Waals surface area contributed by atoms with E-state index < -0.39 is 0 Å². The Bertz CT molecular complexity index is 351. The molecule has 1 aliphatic rings. The number of nitrogens with one attached hydrogen (secondary N) is 1. The molecule has 5 heteroatoms. The summed E-state index contributed by atoms with van der Waals surface area (Å²) in [4.78, 5) is 8.11. The van der Waals surface area contributed by atoms with Crippen molar-refractivity contribution >= 4 is 17.6 Å². The fourth-order valence-electron chi connectivity index (χ4n) is 1.52. The third-order valence-electron chi connectivity index (χ3n) is 2.28. The largest absolute Gasteiger partial charge is 0.365 e. The van der Waals surface area contributed by atoms with E-state index in [1.807, 2.05) is 17.8 Å². The van der Waals surface area contributed by atoms with Crippen LogP contribution < -0.4 is 5.32 Å². The Labute approximate surface area is 93.1 Å². The van der Waals surface area contributed by atoms with Crippen molar-refractivity contribution in [3.05, 3.63) is 18.1 Å². The number of thioether (sulfide) groups is 1. The van der Waals surface area contributed by atoms with E-state index in [-0.39, 0.29) is 0 Å². The van der Waals surface area contributed by atoms with Crippen LogP contribution in [-0.4, -0.2) is 27.5 Å². The Morgan fingerprint density at radius 2 is 2.40 bits per heavy atom. The summed E-state index contributed by atoms with van der Waals surface area (Å²) in [6, 6.07) is 2.44. The molecule has 2 rings (SSSR count). The Morgan fingerprint density at radius 1 is 1.47 bits per heavy atom. The summed E-state index contributed by atoms with van der Waals surface area (Å²) >= 11 is 1.97. The molecule has 0 radical (unpaired) electrons. The fraction of sp³-hybridized carbons (Fsp3) is 0.500. The van der Waals surface area contributed by atoms with Crippen molar-refractivity contribution in [2.45, 2.75) is 18.9 Å². The van der Waals surface area contributed by atoms with Gasteiger partial charge in [-0.3, -0.25) is 0 Å². The van der Waals surface area contributed by atoms with Gasteiger partial charge in [0.1, 0.15) is 11.9 Å². The van der Waals surface area contributed by atoms with Crippen molar-refractivity contribution in [2.24, 2.45) is 0 Å². The first kappa shape index (κ1) is 10.2. The second-order valence-electron chi connectivity index (χ2n) is 3.46. The van der Waals surface area contributed by atoms with E-state index in [1.165, 1.54) is 24.8 Å². The van der Waals surface area contributed by atoms with E-state index in [0.717, 1.165) is 11.6 Å². The van der Waals surface area contributed by atoms with Gasteiger partial charge in [0.25, 0.3) is 0 Å². The summed E-state index contributed by atoms with van der Waals surface area (Å²) in [7, 11) is 0. The van der Waals surface area contributed by atoms with E-state index in [9.17, 15) is 0 Å². The lowest BCUT2D eigenvalue weighted by atomic mass is 10.2. The summed E-state index contributed by atoms with van der Waals surface area (Å²) in [5.41, 5.74) is 0.360. The lowest BCUT2D eigenvalue weighted by molar-refractivity contribution is 0.682. The smallest absolute Gasteiger partial charge is 0.158 e. The van der Waals surface area contributed by atoms with Crippen LogP contribution in [0.1, 0.15) is 18.5 Å². The first-order valence-corrected chi connectivity index (χ1v) is 6.10. The molecule has 1 aromatic heterocycles. The molecule has 1 saturated heterocycles. The topological polar surface area (TPSA) is 61.6 Å². The zero-order chi connectivity index (χ0) is 10.5. The lowest BCUT2D eigenvalue weighted by Gasteiger charge is -2.22. The minimum absolute atomic E-state index is 0.360. The Balaban J connectivity index is 1.95. The van der Waals surface area contributed by atoms with E-state index in [4.69, 9.17) is 5.26 Å². The molecule has 0 aromatic carbocycles. The van der Waals surface area contributed by atoms with Gasteiger partial charge in [-0.1, -0.05) is 0 Å². The van der Waals surface area contributed by atoms with Crippen LogP contribution in [0.4, 0.5) is 5.82 Å². The summed E-state index contributed by atoms with van der Waals surface area (Å²) < 4.78 is 0. The molecule has 0 aliphatic carbocycles. The highest BCUT2D eigenvalue weighted by molar-refractivity contribution is 7.99. The van der Waals surface area contributed by atoms with Crippen LogP contribution in [0, 0.1) is 11.3 Å². The van der Waals surface area contributed by atoms with E-state index in [2.05, 4.69) is 15.3 Å². The molecule has 0 saturated carbocycles. The molecule has 0 amide bonds. The average Bonchev–Trinajstić information content (AvgIpc) is 2.31. The number of hydrogen-bond donors (Lipinski definition) is 1. The molecule has 2 heterocycles.